The minimum atomic E-state index is -3.50. The second kappa shape index (κ2) is 7.34. The Morgan fingerprint density at radius 2 is 1.92 bits per heavy atom. The summed E-state index contributed by atoms with van der Waals surface area (Å²) in [6.07, 6.45) is 3.13. The van der Waals surface area contributed by atoms with Crippen LogP contribution in [0, 0.1) is 0 Å². The Labute approximate surface area is 146 Å². The van der Waals surface area contributed by atoms with Crippen molar-refractivity contribution in [1.29, 1.82) is 0 Å². The fourth-order valence-electron chi connectivity index (χ4n) is 2.54. The number of rotatable bonds is 5. The first-order chi connectivity index (χ1) is 12.0. The molecule has 0 atom stereocenters. The second-order valence-electron chi connectivity index (χ2n) is 5.75. The van der Waals surface area contributed by atoms with Gasteiger partial charge in [0.25, 0.3) is 5.91 Å². The number of hydrogen-bond acceptors (Lipinski definition) is 5. The van der Waals surface area contributed by atoms with E-state index in [9.17, 15) is 13.2 Å². The van der Waals surface area contributed by atoms with Crippen molar-refractivity contribution in [3.8, 4) is 0 Å². The van der Waals surface area contributed by atoms with E-state index in [1.165, 1.54) is 10.5 Å². The molecule has 1 aromatic carbocycles. The van der Waals surface area contributed by atoms with Crippen LogP contribution in [0.3, 0.4) is 0 Å². The minimum Gasteiger partial charge on any atom is -0.379 e. The second-order valence-corrected chi connectivity index (χ2v) is 7.68. The normalized spacial score (nSPS) is 15.9. The van der Waals surface area contributed by atoms with Crippen LogP contribution < -0.4 is 5.32 Å². The van der Waals surface area contributed by atoms with Crippen LogP contribution in [0.5, 0.6) is 0 Å². The number of carbonyl (C=O) groups is 1. The van der Waals surface area contributed by atoms with Gasteiger partial charge in [0, 0.05) is 32.9 Å². The van der Waals surface area contributed by atoms with E-state index in [0.29, 0.717) is 38.4 Å². The van der Waals surface area contributed by atoms with Crippen molar-refractivity contribution in [1.82, 2.24) is 19.4 Å². The van der Waals surface area contributed by atoms with Crippen LogP contribution in [0.15, 0.2) is 41.6 Å². The van der Waals surface area contributed by atoms with Gasteiger partial charge in [-0.25, -0.2) is 8.42 Å². The maximum absolute atomic E-state index is 12.5. The van der Waals surface area contributed by atoms with Crippen molar-refractivity contribution in [2.24, 2.45) is 7.05 Å². The summed E-state index contributed by atoms with van der Waals surface area (Å²) in [4.78, 5) is 12.2. The third kappa shape index (κ3) is 4.06. The van der Waals surface area contributed by atoms with Crippen molar-refractivity contribution in [2.75, 3.05) is 26.3 Å². The number of aryl methyl sites for hydroxylation is 1. The molecule has 134 valence electrons. The Hall–Kier alpha value is -2.23. The van der Waals surface area contributed by atoms with Crippen molar-refractivity contribution in [3.05, 3.63) is 47.8 Å². The van der Waals surface area contributed by atoms with E-state index in [1.807, 2.05) is 0 Å². The molecule has 25 heavy (non-hydrogen) atoms. The van der Waals surface area contributed by atoms with Crippen LogP contribution in [-0.2, 0) is 28.4 Å². The summed E-state index contributed by atoms with van der Waals surface area (Å²) in [5.41, 5.74) is 1.30. The van der Waals surface area contributed by atoms with Crippen molar-refractivity contribution >= 4 is 15.9 Å². The van der Waals surface area contributed by atoms with Gasteiger partial charge in [0.2, 0.25) is 10.0 Å². The van der Waals surface area contributed by atoms with Crippen LogP contribution in [0.4, 0.5) is 0 Å². The SMILES string of the molecule is Cn1cc(C(=O)NCc2ccc(S(=O)(=O)N3CCOCC3)cc2)cn1. The molecule has 9 heteroatoms. The largest absolute Gasteiger partial charge is 0.379 e. The number of ether oxygens (including phenoxy) is 1. The fraction of sp³-hybridized carbons (Fsp3) is 0.375. The number of nitrogens with zero attached hydrogens (tertiary/aromatic N) is 3. The van der Waals surface area contributed by atoms with Crippen LogP contribution in [0.2, 0.25) is 0 Å². The van der Waals surface area contributed by atoms with Gasteiger partial charge in [-0.15, -0.1) is 0 Å². The number of morpholine rings is 1. The number of aromatic nitrogens is 2. The molecular weight excluding hydrogens is 344 g/mol. The molecule has 1 aromatic heterocycles. The third-order valence-electron chi connectivity index (χ3n) is 3.95. The molecule has 0 unspecified atom stereocenters. The first-order valence-corrected chi connectivity index (χ1v) is 9.34. The van der Waals surface area contributed by atoms with E-state index in [-0.39, 0.29) is 10.8 Å². The molecule has 1 N–H and O–H groups in total. The zero-order valence-electron chi connectivity index (χ0n) is 13.9. The standard InChI is InChI=1S/C16H20N4O4S/c1-19-12-14(11-18-19)16(21)17-10-13-2-4-15(5-3-13)25(22,23)20-6-8-24-9-7-20/h2-5,11-12H,6-10H2,1H3,(H,17,21). The van der Waals surface area contributed by atoms with Crippen LogP contribution >= 0.6 is 0 Å². The molecule has 0 aliphatic carbocycles. The van der Waals surface area contributed by atoms with Gasteiger partial charge in [-0.3, -0.25) is 9.48 Å². The summed E-state index contributed by atoms with van der Waals surface area (Å²) < 4.78 is 33.3. The number of benzene rings is 1. The fourth-order valence-corrected chi connectivity index (χ4v) is 3.95. The van der Waals surface area contributed by atoms with E-state index in [1.54, 1.807) is 42.2 Å². The topological polar surface area (TPSA) is 93.5 Å². The quantitative estimate of drug-likeness (QED) is 0.827. The number of hydrogen-bond donors (Lipinski definition) is 1. The Bertz CT molecular complexity index is 839. The molecule has 0 spiro atoms. The molecule has 1 amide bonds. The van der Waals surface area contributed by atoms with Crippen LogP contribution in [-0.4, -0.2) is 54.7 Å². The molecule has 1 saturated heterocycles. The molecule has 1 aliphatic heterocycles. The number of nitrogens with one attached hydrogen (secondary N) is 1. The lowest BCUT2D eigenvalue weighted by atomic mass is 10.2. The highest BCUT2D eigenvalue weighted by atomic mass is 32.2. The Morgan fingerprint density at radius 1 is 1.24 bits per heavy atom. The van der Waals surface area contributed by atoms with Gasteiger partial charge in [0.15, 0.2) is 0 Å². The summed E-state index contributed by atoms with van der Waals surface area (Å²) in [5.74, 6) is -0.224. The summed E-state index contributed by atoms with van der Waals surface area (Å²) in [5, 5.41) is 6.73. The highest BCUT2D eigenvalue weighted by Gasteiger charge is 2.26. The lowest BCUT2D eigenvalue weighted by Crippen LogP contribution is -2.40. The highest BCUT2D eigenvalue weighted by Crippen LogP contribution is 2.17. The first-order valence-electron chi connectivity index (χ1n) is 7.90. The molecule has 8 nitrogen and oxygen atoms in total. The molecule has 1 fully saturated rings. The molecule has 3 rings (SSSR count). The molecule has 0 saturated carbocycles. The van der Waals surface area contributed by atoms with Crippen molar-refractivity contribution in [3.63, 3.8) is 0 Å². The zero-order valence-corrected chi connectivity index (χ0v) is 14.7. The van der Waals surface area contributed by atoms with Gasteiger partial charge in [-0.2, -0.15) is 9.40 Å². The van der Waals surface area contributed by atoms with Gasteiger partial charge < -0.3 is 10.1 Å². The first kappa shape index (κ1) is 17.6. The molecule has 0 bridgehead atoms. The average Bonchev–Trinajstić information content (AvgIpc) is 3.07. The Balaban J connectivity index is 1.63. The summed E-state index contributed by atoms with van der Waals surface area (Å²) in [7, 11) is -1.75. The van der Waals surface area contributed by atoms with Gasteiger partial charge in [0.05, 0.1) is 29.9 Å². The molecule has 0 radical (unpaired) electrons. The Kier molecular flexibility index (Phi) is 5.16. The number of amides is 1. The van der Waals surface area contributed by atoms with Crippen LogP contribution in [0.25, 0.3) is 0 Å². The van der Waals surface area contributed by atoms with E-state index < -0.39 is 10.0 Å². The molecular formula is C16H20N4O4S. The lowest BCUT2D eigenvalue weighted by Gasteiger charge is -2.26. The zero-order chi connectivity index (χ0) is 17.9. The van der Waals surface area contributed by atoms with Crippen molar-refractivity contribution < 1.29 is 17.9 Å². The maximum atomic E-state index is 12.5. The van der Waals surface area contributed by atoms with E-state index in [0.717, 1.165) is 5.56 Å². The van der Waals surface area contributed by atoms with E-state index in [4.69, 9.17) is 4.74 Å². The summed E-state index contributed by atoms with van der Waals surface area (Å²) in [6, 6.07) is 6.54. The lowest BCUT2D eigenvalue weighted by molar-refractivity contribution is 0.0730. The molecule has 2 aromatic rings. The van der Waals surface area contributed by atoms with Gasteiger partial charge in [-0.05, 0) is 17.7 Å². The average molecular weight is 364 g/mol. The highest BCUT2D eigenvalue weighted by molar-refractivity contribution is 7.89. The number of carbonyl (C=O) groups excluding carboxylic acids is 1. The van der Waals surface area contributed by atoms with Gasteiger partial charge in [0.1, 0.15) is 0 Å². The summed E-state index contributed by atoms with van der Waals surface area (Å²) >= 11 is 0. The van der Waals surface area contributed by atoms with E-state index in [2.05, 4.69) is 10.4 Å². The monoisotopic (exact) mass is 364 g/mol. The van der Waals surface area contributed by atoms with Gasteiger partial charge in [-0.1, -0.05) is 12.1 Å². The predicted octanol–water partition coefficient (Wildman–Crippen LogP) is 0.371. The summed E-state index contributed by atoms with van der Waals surface area (Å²) in [6.45, 7) is 1.87. The van der Waals surface area contributed by atoms with Gasteiger partial charge >= 0.3 is 0 Å². The smallest absolute Gasteiger partial charge is 0.254 e. The Morgan fingerprint density at radius 3 is 2.52 bits per heavy atom. The minimum absolute atomic E-state index is 0.224. The van der Waals surface area contributed by atoms with Crippen LogP contribution in [0.1, 0.15) is 15.9 Å². The maximum Gasteiger partial charge on any atom is 0.254 e. The predicted molar refractivity (Wildman–Crippen MR) is 90.4 cm³/mol. The molecule has 1 aliphatic rings. The number of sulfonamides is 1. The van der Waals surface area contributed by atoms with Crippen molar-refractivity contribution in [2.45, 2.75) is 11.4 Å². The molecule has 2 heterocycles. The third-order valence-corrected chi connectivity index (χ3v) is 5.86. The van der Waals surface area contributed by atoms with E-state index >= 15 is 0 Å².